The van der Waals surface area contributed by atoms with Crippen LogP contribution in [0.4, 0.5) is 10.1 Å². The molecule has 2 aromatic carbocycles. The van der Waals surface area contributed by atoms with Gasteiger partial charge < -0.3 is 14.8 Å². The third kappa shape index (κ3) is 4.29. The summed E-state index contributed by atoms with van der Waals surface area (Å²) in [6.07, 6.45) is 3.05. The fraction of sp³-hybridized carbons (Fsp3) is 0.136. The van der Waals surface area contributed by atoms with Crippen molar-refractivity contribution in [3.63, 3.8) is 0 Å². The molecule has 0 saturated carbocycles. The molecule has 7 nitrogen and oxygen atoms in total. The summed E-state index contributed by atoms with van der Waals surface area (Å²) in [6.45, 7) is 0.422. The summed E-state index contributed by atoms with van der Waals surface area (Å²) in [7, 11) is 3.18. The highest BCUT2D eigenvalue weighted by molar-refractivity contribution is 6.30. The predicted octanol–water partition coefficient (Wildman–Crippen LogP) is 4.54. The number of rotatable bonds is 6. The molecule has 0 atom stereocenters. The Morgan fingerprint density at radius 1 is 1.13 bits per heavy atom. The van der Waals surface area contributed by atoms with Crippen molar-refractivity contribution in [1.82, 2.24) is 14.8 Å². The maximum atomic E-state index is 14.0. The molecule has 158 valence electrons. The molecule has 0 unspecified atom stereocenters. The first-order valence-electron chi connectivity index (χ1n) is 9.27. The average Bonchev–Trinajstić information content (AvgIpc) is 3.17. The van der Waals surface area contributed by atoms with E-state index in [2.05, 4.69) is 15.4 Å². The largest absolute Gasteiger partial charge is 0.497 e. The normalized spacial score (nSPS) is 10.8. The van der Waals surface area contributed by atoms with Crippen molar-refractivity contribution in [3.05, 3.63) is 76.8 Å². The van der Waals surface area contributed by atoms with Crippen LogP contribution in [0, 0.1) is 5.82 Å². The van der Waals surface area contributed by atoms with Crippen LogP contribution in [0.2, 0.25) is 5.02 Å². The van der Waals surface area contributed by atoms with E-state index in [0.29, 0.717) is 29.1 Å². The summed E-state index contributed by atoms with van der Waals surface area (Å²) >= 11 is 5.74. The van der Waals surface area contributed by atoms with Gasteiger partial charge in [0.25, 0.3) is 5.91 Å². The van der Waals surface area contributed by atoms with Crippen molar-refractivity contribution in [1.29, 1.82) is 0 Å². The number of amides is 1. The Morgan fingerprint density at radius 3 is 2.71 bits per heavy atom. The summed E-state index contributed by atoms with van der Waals surface area (Å²) in [5, 5.41) is 7.83. The molecule has 0 radical (unpaired) electrons. The monoisotopic (exact) mass is 440 g/mol. The molecule has 0 spiro atoms. The summed E-state index contributed by atoms with van der Waals surface area (Å²) in [6, 6.07) is 11.2. The third-order valence-electron chi connectivity index (χ3n) is 4.73. The number of anilines is 1. The van der Waals surface area contributed by atoms with Crippen molar-refractivity contribution in [2.75, 3.05) is 19.5 Å². The maximum Gasteiger partial charge on any atom is 0.257 e. The first kappa shape index (κ1) is 20.6. The Kier molecular flexibility index (Phi) is 5.73. The Morgan fingerprint density at radius 2 is 1.97 bits per heavy atom. The van der Waals surface area contributed by atoms with Crippen molar-refractivity contribution in [2.45, 2.75) is 6.54 Å². The van der Waals surface area contributed by atoms with E-state index in [0.717, 1.165) is 11.6 Å². The highest BCUT2D eigenvalue weighted by Gasteiger charge is 2.14. The predicted molar refractivity (Wildman–Crippen MR) is 116 cm³/mol. The summed E-state index contributed by atoms with van der Waals surface area (Å²) < 4.78 is 26.3. The standard InChI is InChI=1S/C22H18ClFN4O3/c1-30-17-5-3-13(20(9-17)31-2)12-28-21-14(11-26-28)7-15(10-25-21)22(29)27-19-6-4-16(23)8-18(19)24/h3-11H,12H2,1-2H3,(H,27,29). The molecule has 4 aromatic rings. The van der Waals surface area contributed by atoms with Gasteiger partial charge in [-0.05, 0) is 36.4 Å². The van der Waals surface area contributed by atoms with Gasteiger partial charge in [0.2, 0.25) is 0 Å². The van der Waals surface area contributed by atoms with E-state index in [1.54, 1.807) is 37.2 Å². The summed E-state index contributed by atoms with van der Waals surface area (Å²) in [5.74, 6) is 0.261. The minimum absolute atomic E-state index is 0.0387. The van der Waals surface area contributed by atoms with Gasteiger partial charge in [-0.15, -0.1) is 0 Å². The van der Waals surface area contributed by atoms with E-state index in [4.69, 9.17) is 21.1 Å². The molecule has 0 aliphatic carbocycles. The van der Waals surface area contributed by atoms with Gasteiger partial charge in [-0.3, -0.25) is 4.79 Å². The molecule has 1 N–H and O–H groups in total. The van der Waals surface area contributed by atoms with E-state index in [1.807, 2.05) is 12.1 Å². The molecule has 0 fully saturated rings. The maximum absolute atomic E-state index is 14.0. The van der Waals surface area contributed by atoms with Crippen LogP contribution >= 0.6 is 11.6 Å². The van der Waals surface area contributed by atoms with E-state index in [1.165, 1.54) is 18.3 Å². The van der Waals surface area contributed by atoms with Gasteiger partial charge in [0, 0.05) is 28.2 Å². The van der Waals surface area contributed by atoms with Crippen molar-refractivity contribution in [3.8, 4) is 11.5 Å². The van der Waals surface area contributed by atoms with E-state index < -0.39 is 11.7 Å². The third-order valence-corrected chi connectivity index (χ3v) is 4.97. The molecule has 4 rings (SSSR count). The van der Waals surface area contributed by atoms with Gasteiger partial charge in [-0.2, -0.15) is 5.10 Å². The van der Waals surface area contributed by atoms with Crippen LogP contribution in [0.1, 0.15) is 15.9 Å². The van der Waals surface area contributed by atoms with Crippen LogP contribution < -0.4 is 14.8 Å². The van der Waals surface area contributed by atoms with Gasteiger partial charge >= 0.3 is 0 Å². The van der Waals surface area contributed by atoms with Gasteiger partial charge in [0.1, 0.15) is 17.3 Å². The molecule has 2 heterocycles. The SMILES string of the molecule is COc1ccc(Cn2ncc3cc(C(=O)Nc4ccc(Cl)cc4F)cnc32)c(OC)c1. The number of carbonyl (C=O) groups is 1. The van der Waals surface area contributed by atoms with Gasteiger partial charge in [-0.25, -0.2) is 14.1 Å². The molecule has 0 saturated heterocycles. The van der Waals surface area contributed by atoms with E-state index in [9.17, 15) is 9.18 Å². The average molecular weight is 441 g/mol. The highest BCUT2D eigenvalue weighted by Crippen LogP contribution is 2.26. The molecule has 1 amide bonds. The van der Waals surface area contributed by atoms with Gasteiger partial charge in [0.15, 0.2) is 5.65 Å². The lowest BCUT2D eigenvalue weighted by molar-refractivity contribution is 0.102. The van der Waals surface area contributed by atoms with E-state index in [-0.39, 0.29) is 16.3 Å². The number of carbonyl (C=O) groups excluding carboxylic acids is 1. The van der Waals surface area contributed by atoms with Gasteiger partial charge in [-0.1, -0.05) is 11.6 Å². The number of pyridine rings is 1. The Balaban J connectivity index is 1.57. The van der Waals surface area contributed by atoms with Crippen LogP contribution in [0.5, 0.6) is 11.5 Å². The second-order valence-corrected chi connectivity index (χ2v) is 7.13. The lowest BCUT2D eigenvalue weighted by Gasteiger charge is -2.11. The number of hydrogen-bond acceptors (Lipinski definition) is 5. The van der Waals surface area contributed by atoms with Crippen LogP contribution in [0.3, 0.4) is 0 Å². The molecule has 9 heteroatoms. The molecule has 0 bridgehead atoms. The zero-order valence-corrected chi connectivity index (χ0v) is 17.5. The van der Waals surface area contributed by atoms with Crippen LogP contribution in [-0.2, 0) is 6.54 Å². The lowest BCUT2D eigenvalue weighted by atomic mass is 10.2. The quantitative estimate of drug-likeness (QED) is 0.476. The number of ether oxygens (including phenoxy) is 2. The molecule has 0 aliphatic heterocycles. The Hall–Kier alpha value is -3.65. The van der Waals surface area contributed by atoms with Crippen molar-refractivity contribution in [2.24, 2.45) is 0 Å². The second kappa shape index (κ2) is 8.61. The number of hydrogen-bond donors (Lipinski definition) is 1. The van der Waals surface area contributed by atoms with Crippen molar-refractivity contribution >= 4 is 34.2 Å². The summed E-state index contributed by atoms with van der Waals surface area (Å²) in [4.78, 5) is 16.9. The molecular formula is C22H18ClFN4O3. The van der Waals surface area contributed by atoms with Crippen LogP contribution in [0.25, 0.3) is 11.0 Å². The minimum atomic E-state index is -0.615. The molecule has 2 aromatic heterocycles. The van der Waals surface area contributed by atoms with Crippen LogP contribution in [0.15, 0.2) is 54.9 Å². The smallest absolute Gasteiger partial charge is 0.257 e. The topological polar surface area (TPSA) is 78.3 Å². The van der Waals surface area contributed by atoms with Crippen LogP contribution in [-0.4, -0.2) is 34.9 Å². The van der Waals surface area contributed by atoms with Crippen molar-refractivity contribution < 1.29 is 18.7 Å². The Bertz CT molecular complexity index is 1280. The molecular weight excluding hydrogens is 423 g/mol. The minimum Gasteiger partial charge on any atom is -0.497 e. The number of benzene rings is 2. The first-order chi connectivity index (χ1) is 15.0. The molecule has 0 aliphatic rings. The van der Waals surface area contributed by atoms with Gasteiger partial charge in [0.05, 0.1) is 38.2 Å². The lowest BCUT2D eigenvalue weighted by Crippen LogP contribution is -2.13. The number of halogens is 2. The fourth-order valence-electron chi connectivity index (χ4n) is 3.14. The second-order valence-electron chi connectivity index (χ2n) is 6.70. The number of nitrogens with one attached hydrogen (secondary N) is 1. The Labute approximate surface area is 182 Å². The number of aromatic nitrogens is 3. The highest BCUT2D eigenvalue weighted by atomic mass is 35.5. The number of nitrogens with zero attached hydrogens (tertiary/aromatic N) is 3. The van der Waals surface area contributed by atoms with E-state index >= 15 is 0 Å². The summed E-state index contributed by atoms with van der Waals surface area (Å²) in [5.41, 5.74) is 1.82. The fourth-order valence-corrected chi connectivity index (χ4v) is 3.30. The molecule has 31 heavy (non-hydrogen) atoms. The number of methoxy groups -OCH3 is 2. The zero-order chi connectivity index (χ0) is 22.0. The number of fused-ring (bicyclic) bond motifs is 1. The zero-order valence-electron chi connectivity index (χ0n) is 16.7. The first-order valence-corrected chi connectivity index (χ1v) is 9.65.